The van der Waals surface area contributed by atoms with Gasteiger partial charge in [-0.25, -0.2) is 0 Å². The molecular formula is C27H26BrNO6. The number of carbonyl (C=O) groups excluding carboxylic acids is 4. The molecule has 1 fully saturated rings. The van der Waals surface area contributed by atoms with Gasteiger partial charge in [-0.1, -0.05) is 17.7 Å². The van der Waals surface area contributed by atoms with Crippen LogP contribution in [0.3, 0.4) is 0 Å². The lowest BCUT2D eigenvalue weighted by atomic mass is 9.59. The zero-order chi connectivity index (χ0) is 25.4. The molecule has 0 spiro atoms. The number of likely N-dealkylation sites (tertiary alicyclic amines) is 1. The highest BCUT2D eigenvalue weighted by molar-refractivity contribution is 9.12. The molecule has 1 saturated heterocycles. The molecule has 0 unspecified atom stereocenters. The van der Waals surface area contributed by atoms with E-state index in [0.717, 1.165) is 5.57 Å². The molecule has 35 heavy (non-hydrogen) atoms. The number of phenolic OH excluding ortho intramolecular Hbond substituents is 1. The third-order valence-electron chi connectivity index (χ3n) is 7.53. The van der Waals surface area contributed by atoms with Crippen LogP contribution in [0.25, 0.3) is 0 Å². The molecule has 0 aromatic heterocycles. The van der Waals surface area contributed by atoms with E-state index in [9.17, 15) is 24.3 Å². The van der Waals surface area contributed by atoms with Gasteiger partial charge in [0.2, 0.25) is 11.8 Å². The van der Waals surface area contributed by atoms with Gasteiger partial charge in [-0.2, -0.15) is 0 Å². The average molecular weight is 540 g/mol. The number of fused-ring (bicyclic) bond motifs is 3. The van der Waals surface area contributed by atoms with Gasteiger partial charge in [0.1, 0.15) is 11.5 Å². The van der Waals surface area contributed by atoms with Crippen molar-refractivity contribution in [2.24, 2.45) is 17.8 Å². The van der Waals surface area contributed by atoms with Crippen LogP contribution in [0, 0.1) is 17.8 Å². The van der Waals surface area contributed by atoms with Crippen molar-refractivity contribution in [3.8, 4) is 11.5 Å². The SMILES string of the molecule is COc1cc(O)ccc1[C@H]1C2=CC[C@@H]3C(=O)N(C(C)(C)C)C(=O)[C@@H]3[C@@H]2CC2=C1C(=O)C=C(Br)C2=O. The number of hydrogen-bond donors (Lipinski definition) is 1. The maximum absolute atomic E-state index is 13.7. The van der Waals surface area contributed by atoms with Crippen molar-refractivity contribution in [3.63, 3.8) is 0 Å². The van der Waals surface area contributed by atoms with Crippen molar-refractivity contribution in [2.45, 2.75) is 45.1 Å². The Kier molecular flexibility index (Phi) is 5.43. The van der Waals surface area contributed by atoms with Crippen molar-refractivity contribution in [1.29, 1.82) is 0 Å². The van der Waals surface area contributed by atoms with E-state index in [1.54, 1.807) is 6.07 Å². The maximum atomic E-state index is 13.7. The molecule has 0 radical (unpaired) electrons. The van der Waals surface area contributed by atoms with Crippen LogP contribution in [0.2, 0.25) is 0 Å². The van der Waals surface area contributed by atoms with Crippen LogP contribution in [0.1, 0.15) is 45.1 Å². The number of halogens is 1. The highest BCUT2D eigenvalue weighted by Crippen LogP contribution is 2.56. The summed E-state index contributed by atoms with van der Waals surface area (Å²) in [5, 5.41) is 10.0. The number of rotatable bonds is 2. The summed E-state index contributed by atoms with van der Waals surface area (Å²) in [6.45, 7) is 5.52. The van der Waals surface area contributed by atoms with E-state index in [1.807, 2.05) is 26.8 Å². The van der Waals surface area contributed by atoms with Crippen LogP contribution in [0.5, 0.6) is 11.5 Å². The molecule has 3 aliphatic carbocycles. The summed E-state index contributed by atoms with van der Waals surface area (Å²) in [6, 6.07) is 4.67. The number of Topliss-reactive ketones (excluding diaryl/α,β-unsaturated/α-hetero) is 1. The molecule has 2 amide bonds. The minimum atomic E-state index is -0.660. The molecule has 0 bridgehead atoms. The summed E-state index contributed by atoms with van der Waals surface area (Å²) >= 11 is 3.23. The van der Waals surface area contributed by atoms with Crippen molar-refractivity contribution >= 4 is 39.3 Å². The summed E-state index contributed by atoms with van der Waals surface area (Å²) in [5.41, 5.74) is 1.55. The predicted molar refractivity (Wildman–Crippen MR) is 131 cm³/mol. The first-order chi connectivity index (χ1) is 16.5. The normalized spacial score (nSPS) is 28.4. The lowest BCUT2D eigenvalue weighted by Crippen LogP contribution is -2.46. The van der Waals surface area contributed by atoms with Gasteiger partial charge >= 0.3 is 0 Å². The highest BCUT2D eigenvalue weighted by Gasteiger charge is 2.58. The standard InChI is InChI=1S/C27H26BrNO6/c1-27(2,3)29-25(33)15-8-7-13-16(22(15)26(29)34)10-17-23(19(31)11-18(28)24(17)32)21(13)14-6-5-12(30)9-20(14)35-4/h5-7,9,11,15-16,21-22,30H,8,10H2,1-4H3/t15-,16+,21+,22-/m0/s1. The predicted octanol–water partition coefficient (Wildman–Crippen LogP) is 3.96. The first-order valence-electron chi connectivity index (χ1n) is 11.6. The Balaban J connectivity index is 1.71. The molecule has 1 aromatic rings. The number of ketones is 2. The molecule has 1 N–H and O–H groups in total. The minimum absolute atomic E-state index is 0.0101. The van der Waals surface area contributed by atoms with Crippen molar-refractivity contribution in [3.05, 3.63) is 57.1 Å². The summed E-state index contributed by atoms with van der Waals surface area (Å²) in [4.78, 5) is 54.8. The van der Waals surface area contributed by atoms with Crippen molar-refractivity contribution in [1.82, 2.24) is 4.90 Å². The molecule has 1 aliphatic heterocycles. The Hall–Kier alpha value is -3.00. The molecule has 5 rings (SSSR count). The Labute approximate surface area is 211 Å². The van der Waals surface area contributed by atoms with Gasteiger partial charge in [0.15, 0.2) is 11.6 Å². The number of carbonyl (C=O) groups is 4. The van der Waals surface area contributed by atoms with Crippen LogP contribution < -0.4 is 4.74 Å². The zero-order valence-corrected chi connectivity index (χ0v) is 21.5. The zero-order valence-electron chi connectivity index (χ0n) is 19.9. The molecule has 182 valence electrons. The fourth-order valence-corrected chi connectivity index (χ4v) is 6.61. The average Bonchev–Trinajstić information content (AvgIpc) is 3.06. The number of hydrogen-bond acceptors (Lipinski definition) is 6. The fraction of sp³-hybridized carbons (Fsp3) is 0.407. The van der Waals surface area contributed by atoms with Crippen LogP contribution in [-0.2, 0) is 19.2 Å². The van der Waals surface area contributed by atoms with E-state index in [-0.39, 0.29) is 40.0 Å². The van der Waals surface area contributed by atoms with Crippen LogP contribution in [-0.4, -0.2) is 46.0 Å². The van der Waals surface area contributed by atoms with Gasteiger partial charge in [-0.15, -0.1) is 0 Å². The van der Waals surface area contributed by atoms with Gasteiger partial charge in [-0.3, -0.25) is 24.1 Å². The van der Waals surface area contributed by atoms with E-state index in [2.05, 4.69) is 15.9 Å². The van der Waals surface area contributed by atoms with Gasteiger partial charge in [-0.05, 0) is 61.5 Å². The summed E-state index contributed by atoms with van der Waals surface area (Å²) < 4.78 is 5.73. The van der Waals surface area contributed by atoms with Crippen molar-refractivity contribution < 1.29 is 29.0 Å². The summed E-state index contributed by atoms with van der Waals surface area (Å²) in [7, 11) is 1.48. The van der Waals surface area contributed by atoms with Crippen molar-refractivity contribution in [2.75, 3.05) is 7.11 Å². The first-order valence-corrected chi connectivity index (χ1v) is 12.4. The van der Waals surface area contributed by atoms with Gasteiger partial charge in [0, 0.05) is 40.3 Å². The molecular weight excluding hydrogens is 514 g/mol. The quantitative estimate of drug-likeness (QED) is 0.346. The van der Waals surface area contributed by atoms with Gasteiger partial charge < -0.3 is 9.84 Å². The summed E-state index contributed by atoms with van der Waals surface area (Å²) in [6.07, 6.45) is 3.85. The van der Waals surface area contributed by atoms with E-state index in [4.69, 9.17) is 4.74 Å². The molecule has 1 aromatic carbocycles. The second-order valence-electron chi connectivity index (χ2n) is 10.5. The Bertz CT molecular complexity index is 1300. The van der Waals surface area contributed by atoms with E-state index >= 15 is 0 Å². The number of benzene rings is 1. The number of imide groups is 1. The van der Waals surface area contributed by atoms with Crippen LogP contribution in [0.4, 0.5) is 0 Å². The summed E-state index contributed by atoms with van der Waals surface area (Å²) in [5.74, 6) is -2.72. The first kappa shape index (κ1) is 23.7. The maximum Gasteiger partial charge on any atom is 0.234 e. The molecule has 0 saturated carbocycles. The number of methoxy groups -OCH3 is 1. The van der Waals surface area contributed by atoms with E-state index < -0.39 is 29.2 Å². The second-order valence-corrected chi connectivity index (χ2v) is 11.4. The molecule has 4 atom stereocenters. The monoisotopic (exact) mass is 539 g/mol. The highest BCUT2D eigenvalue weighted by atomic mass is 79.9. The van der Waals surface area contributed by atoms with Crippen LogP contribution in [0.15, 0.2) is 51.6 Å². The third-order valence-corrected chi connectivity index (χ3v) is 8.12. The fourth-order valence-electron chi connectivity index (χ4n) is 6.16. The largest absolute Gasteiger partial charge is 0.508 e. The smallest absolute Gasteiger partial charge is 0.234 e. The van der Waals surface area contributed by atoms with E-state index in [1.165, 1.54) is 30.2 Å². The lowest BCUT2D eigenvalue weighted by Gasteiger charge is -2.42. The topological polar surface area (TPSA) is 101 Å². The Morgan fingerprint density at radius 3 is 2.46 bits per heavy atom. The molecule has 4 aliphatic rings. The number of phenols is 1. The number of nitrogens with zero attached hydrogens (tertiary/aromatic N) is 1. The van der Waals surface area contributed by atoms with E-state index in [0.29, 0.717) is 28.9 Å². The molecule has 1 heterocycles. The minimum Gasteiger partial charge on any atom is -0.508 e. The number of amides is 2. The van der Waals surface area contributed by atoms with Gasteiger partial charge in [0.25, 0.3) is 0 Å². The van der Waals surface area contributed by atoms with Gasteiger partial charge in [0.05, 0.1) is 23.4 Å². The lowest BCUT2D eigenvalue weighted by molar-refractivity contribution is -0.145. The second kappa shape index (κ2) is 8.01. The number of allylic oxidation sites excluding steroid dienone is 6. The number of ether oxygens (including phenoxy) is 1. The van der Waals surface area contributed by atoms with Crippen LogP contribution >= 0.6 is 15.9 Å². The Morgan fingerprint density at radius 1 is 1.09 bits per heavy atom. The third kappa shape index (κ3) is 3.44. The number of aromatic hydroxyl groups is 1. The molecule has 8 heteroatoms. The molecule has 7 nitrogen and oxygen atoms in total. The Morgan fingerprint density at radius 2 is 1.80 bits per heavy atom.